The molecular weight excluding hydrogens is 778 g/mol. The van der Waals surface area contributed by atoms with Crippen molar-refractivity contribution < 1.29 is 52.6 Å². The van der Waals surface area contributed by atoms with Crippen molar-refractivity contribution in [3.63, 3.8) is 0 Å². The number of benzene rings is 3. The number of azo groups is 1. The average Bonchev–Trinajstić information content (AvgIpc) is 3.04. The lowest BCUT2D eigenvalue weighted by molar-refractivity contribution is 0.159. The van der Waals surface area contributed by atoms with E-state index in [1.807, 2.05) is 0 Å². The second-order valence-corrected chi connectivity index (χ2v) is 17.1. The molecule has 51 heavy (non-hydrogen) atoms. The molecule has 3 aromatic carbocycles. The smallest absolute Gasteiger partial charge is 0.296 e. The molecule has 4 rings (SSSR count). The summed E-state index contributed by atoms with van der Waals surface area (Å²) in [7, 11) is -17.4. The number of phenolic OH excluding ortho intramolecular Hbond substituents is 1. The Morgan fingerprint density at radius 3 is 2.10 bits per heavy atom. The first-order valence-electron chi connectivity index (χ1n) is 13.8. The Hall–Kier alpha value is -4.62. The number of nitrogens with one attached hydrogen (secondary N) is 2. The van der Waals surface area contributed by atoms with Crippen molar-refractivity contribution in [1.29, 1.82) is 0 Å². The Morgan fingerprint density at radius 2 is 1.49 bits per heavy atom. The number of sulfone groups is 2. The number of aromatic nitrogens is 3. The van der Waals surface area contributed by atoms with Crippen LogP contribution in [0.15, 0.2) is 91.4 Å². The summed E-state index contributed by atoms with van der Waals surface area (Å²) >= 11 is 6.04. The maximum Gasteiger partial charge on any atom is 0.296 e. The number of anilines is 3. The molecule has 0 fully saturated rings. The average molecular weight is 804 g/mol. The van der Waals surface area contributed by atoms with Crippen molar-refractivity contribution in [3.05, 3.63) is 71.7 Å². The molecule has 24 heteroatoms. The van der Waals surface area contributed by atoms with Gasteiger partial charge < -0.3 is 20.5 Å². The molecule has 1 aromatic heterocycles. The molecule has 0 radical (unpaired) electrons. The molecule has 0 aliphatic carbocycles. The number of ether oxygens (including phenoxy) is 1. The van der Waals surface area contributed by atoms with Crippen molar-refractivity contribution in [3.8, 4) is 5.75 Å². The number of hydrogen-bond acceptors (Lipinski definition) is 17. The fraction of sp³-hybridized carbons (Fsp3) is 0.148. The minimum atomic E-state index is -5.18. The molecule has 0 spiro atoms. The molecule has 0 aliphatic heterocycles. The van der Waals surface area contributed by atoms with Gasteiger partial charge in [0.15, 0.2) is 25.4 Å². The first-order valence-corrected chi connectivity index (χ1v) is 20.3. The topological polar surface area (TPSA) is 294 Å². The SMILES string of the molecule is C=CS(=O)(=O)CCOCCNc1nc(Cl)nc(Nc2cc(S(=O)(=O)O)cc3cc(S(=O)(=O)O)c(N=Nc4ccc(S(=O)(=O)C=C)cc4)c(O)c23)n1. The van der Waals surface area contributed by atoms with Crippen LogP contribution in [-0.4, -0.2) is 88.3 Å². The zero-order valence-corrected chi connectivity index (χ0v) is 29.7. The Bertz CT molecular complexity index is 2500. The lowest BCUT2D eigenvalue weighted by Crippen LogP contribution is -2.16. The Balaban J connectivity index is 1.76. The van der Waals surface area contributed by atoms with Gasteiger partial charge in [-0.3, -0.25) is 9.11 Å². The van der Waals surface area contributed by atoms with Crippen LogP contribution >= 0.6 is 11.6 Å². The fourth-order valence-electron chi connectivity index (χ4n) is 4.11. The molecule has 272 valence electrons. The standard InChI is InChI=1S/C27H26ClN7O12S4/c1-3-48(37,38)12-11-47-10-9-29-26-31-25(28)32-27(33-26)30-20-15-19(50(41,42)43)13-16-14-21(51(44,45)46)23(24(36)22(16)20)35-34-17-5-7-18(8-6-17)49(39,40)4-2/h3-8,13-15,36H,1-2,9-12H2,(H,41,42,43)(H,44,45,46)(H2,29,30,31,32,33). The molecule has 0 bridgehead atoms. The second kappa shape index (κ2) is 15.3. The molecule has 0 saturated heterocycles. The third-order valence-electron chi connectivity index (χ3n) is 6.50. The van der Waals surface area contributed by atoms with E-state index in [1.165, 1.54) is 24.3 Å². The van der Waals surface area contributed by atoms with Gasteiger partial charge in [-0.15, -0.1) is 5.11 Å². The number of aromatic hydroxyl groups is 1. The van der Waals surface area contributed by atoms with Crippen LogP contribution in [0.25, 0.3) is 10.8 Å². The van der Waals surface area contributed by atoms with Crippen molar-refractivity contribution in [2.24, 2.45) is 10.2 Å². The number of rotatable bonds is 16. The predicted molar refractivity (Wildman–Crippen MR) is 185 cm³/mol. The molecule has 0 amide bonds. The summed E-state index contributed by atoms with van der Waals surface area (Å²) < 4.78 is 121. The van der Waals surface area contributed by atoms with Gasteiger partial charge in [0.2, 0.25) is 17.2 Å². The normalized spacial score (nSPS) is 12.6. The van der Waals surface area contributed by atoms with E-state index in [1.54, 1.807) is 0 Å². The summed E-state index contributed by atoms with van der Waals surface area (Å²) in [6.45, 7) is 6.40. The third kappa shape index (κ3) is 10.0. The van der Waals surface area contributed by atoms with Crippen molar-refractivity contribution in [2.45, 2.75) is 14.7 Å². The maximum atomic E-state index is 12.4. The molecule has 0 atom stereocenters. The number of fused-ring (bicyclic) bond motifs is 1. The Labute approximate surface area is 296 Å². The van der Waals surface area contributed by atoms with Gasteiger partial charge >= 0.3 is 0 Å². The van der Waals surface area contributed by atoms with Gasteiger partial charge in [-0.05, 0) is 59.5 Å². The van der Waals surface area contributed by atoms with Crippen LogP contribution in [0.4, 0.5) is 29.0 Å². The van der Waals surface area contributed by atoms with E-state index in [2.05, 4.69) is 49.0 Å². The van der Waals surface area contributed by atoms with Crippen LogP contribution in [0.5, 0.6) is 5.75 Å². The van der Waals surface area contributed by atoms with E-state index in [0.717, 1.165) is 29.0 Å². The van der Waals surface area contributed by atoms with Gasteiger partial charge in [0.05, 0.1) is 40.1 Å². The Morgan fingerprint density at radius 1 is 0.824 bits per heavy atom. The summed E-state index contributed by atoms with van der Waals surface area (Å²) in [6, 6.07) is 7.17. The number of halogens is 1. The summed E-state index contributed by atoms with van der Waals surface area (Å²) in [5.74, 6) is -1.71. The second-order valence-electron chi connectivity index (χ2n) is 9.95. The molecule has 19 nitrogen and oxygen atoms in total. The van der Waals surface area contributed by atoms with Crippen LogP contribution in [-0.2, 0) is 44.6 Å². The highest BCUT2D eigenvalue weighted by molar-refractivity contribution is 7.94. The molecule has 4 aromatic rings. The minimum absolute atomic E-state index is 0.00841. The van der Waals surface area contributed by atoms with Crippen molar-refractivity contribution in [2.75, 3.05) is 36.1 Å². The number of hydrogen-bond donors (Lipinski definition) is 5. The zero-order valence-electron chi connectivity index (χ0n) is 25.7. The van der Waals surface area contributed by atoms with E-state index in [9.17, 15) is 47.9 Å². The highest BCUT2D eigenvalue weighted by Gasteiger charge is 2.26. The Kier molecular flexibility index (Phi) is 11.8. The van der Waals surface area contributed by atoms with Crippen LogP contribution in [0.2, 0.25) is 5.28 Å². The lowest BCUT2D eigenvalue weighted by Gasteiger charge is -2.15. The third-order valence-corrected chi connectivity index (χ3v) is 11.0. The quantitative estimate of drug-likeness (QED) is 0.0609. The number of phenols is 1. The first-order chi connectivity index (χ1) is 23.7. The maximum absolute atomic E-state index is 12.4. The van der Waals surface area contributed by atoms with Crippen molar-refractivity contribution >= 4 is 91.2 Å². The summed E-state index contributed by atoms with van der Waals surface area (Å²) in [4.78, 5) is 9.97. The molecule has 0 saturated carbocycles. The van der Waals surface area contributed by atoms with E-state index >= 15 is 0 Å². The first kappa shape index (κ1) is 39.2. The van der Waals surface area contributed by atoms with E-state index in [0.29, 0.717) is 0 Å². The molecule has 0 unspecified atom stereocenters. The zero-order chi connectivity index (χ0) is 37.8. The largest absolute Gasteiger partial charge is 0.505 e. The minimum Gasteiger partial charge on any atom is -0.505 e. The summed E-state index contributed by atoms with van der Waals surface area (Å²) in [6.07, 6.45) is 0. The molecule has 0 aliphatic rings. The van der Waals surface area contributed by atoms with Crippen molar-refractivity contribution in [1.82, 2.24) is 15.0 Å². The van der Waals surface area contributed by atoms with Crippen LogP contribution in [0.3, 0.4) is 0 Å². The highest BCUT2D eigenvalue weighted by Crippen LogP contribution is 2.45. The molecule has 1 heterocycles. The van der Waals surface area contributed by atoms with Gasteiger partial charge in [0.25, 0.3) is 20.2 Å². The van der Waals surface area contributed by atoms with E-state index in [-0.39, 0.29) is 69.7 Å². The highest BCUT2D eigenvalue weighted by atomic mass is 35.5. The monoisotopic (exact) mass is 803 g/mol. The van der Waals surface area contributed by atoms with Crippen LogP contribution in [0.1, 0.15) is 0 Å². The van der Waals surface area contributed by atoms with Gasteiger partial charge in [-0.2, -0.15) is 36.9 Å². The van der Waals surface area contributed by atoms with Crippen LogP contribution < -0.4 is 10.6 Å². The van der Waals surface area contributed by atoms with Crippen LogP contribution in [0, 0.1) is 0 Å². The molecular formula is C27H26ClN7O12S4. The van der Waals surface area contributed by atoms with Gasteiger partial charge in [-0.25, -0.2) is 16.8 Å². The lowest BCUT2D eigenvalue weighted by atomic mass is 10.1. The van der Waals surface area contributed by atoms with Gasteiger partial charge in [-0.1, -0.05) is 13.2 Å². The fourth-order valence-corrected chi connectivity index (χ4v) is 6.69. The van der Waals surface area contributed by atoms with E-state index < -0.39 is 61.1 Å². The summed E-state index contributed by atoms with van der Waals surface area (Å²) in [5.41, 5.74) is -1.16. The predicted octanol–water partition coefficient (Wildman–Crippen LogP) is 3.94. The van der Waals surface area contributed by atoms with Gasteiger partial charge in [0.1, 0.15) is 10.6 Å². The number of nitrogens with zero attached hydrogens (tertiary/aromatic N) is 5. The van der Waals surface area contributed by atoms with E-state index in [4.69, 9.17) is 16.3 Å². The van der Waals surface area contributed by atoms with Gasteiger partial charge in [0, 0.05) is 22.7 Å². The summed E-state index contributed by atoms with van der Waals surface area (Å²) in [5, 5.41) is 24.9. The molecule has 5 N–H and O–H groups in total.